The molecule has 0 aliphatic heterocycles. The first-order valence-electron chi connectivity index (χ1n) is 10.6. The SMILES string of the molecule is CCOCC(C)O[Si](OCC)(OCC)O[Si](OCC)(OCC)OC(C)COCC. The molecule has 9 nitrogen and oxygen atoms in total. The summed E-state index contributed by atoms with van der Waals surface area (Å²) in [7, 11) is -7.30. The summed E-state index contributed by atoms with van der Waals surface area (Å²) in [5.74, 6) is 0. The lowest BCUT2D eigenvalue weighted by molar-refractivity contribution is -0.0956. The first kappa shape index (κ1) is 29.1. The molecule has 0 aromatic carbocycles. The Kier molecular flexibility index (Phi) is 16.8. The fraction of sp³-hybridized carbons (Fsp3) is 1.00. The minimum absolute atomic E-state index is 0.310. The molecule has 176 valence electrons. The molecule has 0 bridgehead atoms. The quantitative estimate of drug-likeness (QED) is 0.256. The van der Waals surface area contributed by atoms with Crippen LogP contribution in [0.3, 0.4) is 0 Å². The average Bonchev–Trinajstić information content (AvgIpc) is 2.65. The van der Waals surface area contributed by atoms with Gasteiger partial charge in [0.1, 0.15) is 0 Å². The lowest BCUT2D eigenvalue weighted by Gasteiger charge is -2.37. The summed E-state index contributed by atoms with van der Waals surface area (Å²) in [5, 5.41) is 0. The highest BCUT2D eigenvalue weighted by molar-refractivity contribution is 6.68. The number of ether oxygens (including phenoxy) is 2. The molecule has 0 rings (SSSR count). The van der Waals surface area contributed by atoms with Gasteiger partial charge in [-0.1, -0.05) is 0 Å². The van der Waals surface area contributed by atoms with E-state index in [2.05, 4.69) is 0 Å². The van der Waals surface area contributed by atoms with Crippen molar-refractivity contribution in [1.29, 1.82) is 0 Å². The average molecular weight is 459 g/mol. The summed E-state index contributed by atoms with van der Waals surface area (Å²) in [4.78, 5) is 0. The Bertz CT molecular complexity index is 344. The molecule has 2 unspecified atom stereocenters. The second-order valence-electron chi connectivity index (χ2n) is 6.01. The molecular formula is C18H42O9Si2. The van der Waals surface area contributed by atoms with Crippen molar-refractivity contribution >= 4 is 18.1 Å². The largest absolute Gasteiger partial charge is 0.674 e. The minimum Gasteiger partial charge on any atom is -0.379 e. The maximum Gasteiger partial charge on any atom is 0.674 e. The monoisotopic (exact) mass is 458 g/mol. The van der Waals surface area contributed by atoms with Crippen molar-refractivity contribution in [3.05, 3.63) is 0 Å². The Morgan fingerprint density at radius 1 is 0.517 bits per heavy atom. The van der Waals surface area contributed by atoms with Gasteiger partial charge in [0, 0.05) is 39.6 Å². The molecule has 0 aromatic rings. The third kappa shape index (κ3) is 11.9. The van der Waals surface area contributed by atoms with Gasteiger partial charge in [-0.25, -0.2) is 0 Å². The number of hydrogen-bond acceptors (Lipinski definition) is 9. The molecular weight excluding hydrogens is 416 g/mol. The molecule has 0 fully saturated rings. The van der Waals surface area contributed by atoms with Gasteiger partial charge in [0.05, 0.1) is 25.4 Å². The van der Waals surface area contributed by atoms with Crippen LogP contribution < -0.4 is 0 Å². The van der Waals surface area contributed by atoms with Crippen LogP contribution in [0.15, 0.2) is 0 Å². The van der Waals surface area contributed by atoms with Gasteiger partial charge in [0.2, 0.25) is 0 Å². The summed E-state index contributed by atoms with van der Waals surface area (Å²) in [6, 6.07) is 0. The second kappa shape index (κ2) is 16.7. The molecule has 2 atom stereocenters. The second-order valence-corrected chi connectivity index (χ2v) is 10.5. The third-order valence-corrected chi connectivity index (χ3v) is 9.29. The zero-order valence-corrected chi connectivity index (χ0v) is 21.5. The highest BCUT2D eigenvalue weighted by Gasteiger charge is 2.60. The molecule has 0 saturated heterocycles. The van der Waals surface area contributed by atoms with E-state index in [1.165, 1.54) is 0 Å². The zero-order valence-electron chi connectivity index (χ0n) is 19.5. The molecule has 0 radical (unpaired) electrons. The van der Waals surface area contributed by atoms with E-state index in [1.54, 1.807) is 0 Å². The van der Waals surface area contributed by atoms with Gasteiger partial charge in [-0.05, 0) is 55.4 Å². The van der Waals surface area contributed by atoms with E-state index in [9.17, 15) is 0 Å². The van der Waals surface area contributed by atoms with Crippen LogP contribution in [0.2, 0.25) is 0 Å². The Labute approximate surface area is 179 Å². The van der Waals surface area contributed by atoms with Crippen molar-refractivity contribution < 1.29 is 40.1 Å². The Balaban J connectivity index is 5.71. The van der Waals surface area contributed by atoms with Crippen LogP contribution in [0.25, 0.3) is 0 Å². The maximum atomic E-state index is 6.32. The van der Waals surface area contributed by atoms with Crippen LogP contribution in [-0.4, -0.2) is 83.2 Å². The molecule has 0 heterocycles. The van der Waals surface area contributed by atoms with E-state index in [0.717, 1.165) is 0 Å². The molecule has 11 heteroatoms. The summed E-state index contributed by atoms with van der Waals surface area (Å²) in [5.41, 5.74) is 0. The van der Waals surface area contributed by atoms with Crippen LogP contribution in [0, 0.1) is 0 Å². The smallest absolute Gasteiger partial charge is 0.379 e. The van der Waals surface area contributed by atoms with Crippen LogP contribution >= 0.6 is 0 Å². The van der Waals surface area contributed by atoms with E-state index < -0.39 is 18.1 Å². The van der Waals surface area contributed by atoms with Crippen LogP contribution in [0.4, 0.5) is 0 Å². The lowest BCUT2D eigenvalue weighted by atomic mass is 10.4. The minimum atomic E-state index is -3.65. The zero-order chi connectivity index (χ0) is 22.2. The van der Waals surface area contributed by atoms with Crippen molar-refractivity contribution in [3.63, 3.8) is 0 Å². The lowest BCUT2D eigenvalue weighted by Crippen LogP contribution is -2.64. The third-order valence-electron chi connectivity index (χ3n) is 3.34. The molecule has 29 heavy (non-hydrogen) atoms. The number of rotatable bonds is 20. The van der Waals surface area contributed by atoms with Gasteiger partial charge in [-0.3, -0.25) is 0 Å². The van der Waals surface area contributed by atoms with Crippen molar-refractivity contribution in [2.45, 2.75) is 67.6 Å². The highest BCUT2D eigenvalue weighted by Crippen LogP contribution is 2.25. The van der Waals surface area contributed by atoms with Gasteiger partial charge in [0.25, 0.3) is 0 Å². The highest BCUT2D eigenvalue weighted by atomic mass is 28.5. The van der Waals surface area contributed by atoms with Crippen molar-refractivity contribution in [3.8, 4) is 0 Å². The van der Waals surface area contributed by atoms with E-state index in [0.29, 0.717) is 52.9 Å². The van der Waals surface area contributed by atoms with Gasteiger partial charge in [-0.15, -0.1) is 0 Å². The van der Waals surface area contributed by atoms with Crippen LogP contribution in [-0.2, 0) is 40.1 Å². The fourth-order valence-corrected chi connectivity index (χ4v) is 7.90. The van der Waals surface area contributed by atoms with Crippen molar-refractivity contribution in [1.82, 2.24) is 0 Å². The molecule has 0 spiro atoms. The summed E-state index contributed by atoms with van der Waals surface area (Å²) in [6.45, 7) is 18.3. The number of hydrogen-bond donors (Lipinski definition) is 0. The first-order chi connectivity index (χ1) is 13.9. The molecule has 0 N–H and O–H groups in total. The predicted octanol–water partition coefficient (Wildman–Crippen LogP) is 2.90. The van der Waals surface area contributed by atoms with Gasteiger partial charge in [0.15, 0.2) is 0 Å². The van der Waals surface area contributed by atoms with Crippen molar-refractivity contribution in [2.75, 3.05) is 52.9 Å². The maximum absolute atomic E-state index is 6.32. The molecule has 0 saturated carbocycles. The first-order valence-corrected chi connectivity index (χ1v) is 13.9. The normalized spacial score (nSPS) is 14.9. The molecule has 0 aliphatic rings. The Hall–Kier alpha value is 0.0738. The Morgan fingerprint density at radius 2 is 0.828 bits per heavy atom. The van der Waals surface area contributed by atoms with Crippen LogP contribution in [0.1, 0.15) is 55.4 Å². The van der Waals surface area contributed by atoms with Crippen molar-refractivity contribution in [2.24, 2.45) is 0 Å². The van der Waals surface area contributed by atoms with E-state index >= 15 is 0 Å². The predicted molar refractivity (Wildman–Crippen MR) is 113 cm³/mol. The molecule has 0 aromatic heterocycles. The summed E-state index contributed by atoms with van der Waals surface area (Å²) >= 11 is 0. The molecule has 0 aliphatic carbocycles. The molecule has 0 amide bonds. The van der Waals surface area contributed by atoms with E-state index in [-0.39, 0.29) is 12.2 Å². The van der Waals surface area contributed by atoms with Gasteiger partial charge >= 0.3 is 18.1 Å². The van der Waals surface area contributed by atoms with Gasteiger partial charge < -0.3 is 40.1 Å². The van der Waals surface area contributed by atoms with E-state index in [4.69, 9.17) is 40.1 Å². The summed E-state index contributed by atoms with van der Waals surface area (Å²) in [6.07, 6.45) is -0.619. The summed E-state index contributed by atoms with van der Waals surface area (Å²) < 4.78 is 53.2. The van der Waals surface area contributed by atoms with Crippen LogP contribution in [0.5, 0.6) is 0 Å². The van der Waals surface area contributed by atoms with E-state index in [1.807, 2.05) is 55.4 Å². The van der Waals surface area contributed by atoms with Gasteiger partial charge in [-0.2, -0.15) is 0 Å². The fourth-order valence-electron chi connectivity index (χ4n) is 2.37. The topological polar surface area (TPSA) is 83.1 Å². The standard InChI is InChI=1S/C18H42O9Si2/c1-9-19-15-17(7)25-28(21-11-3,22-12-4)27-29(23-13-5,24-14-6)26-18(8)16-20-10-2/h17-18H,9-16H2,1-8H3. The Morgan fingerprint density at radius 3 is 1.07 bits per heavy atom.